The third-order valence-corrected chi connectivity index (χ3v) is 20.6. The number of hydrogen-bond acceptors (Lipinski definition) is 0. The van der Waals surface area contributed by atoms with E-state index < -0.39 is 11.9 Å². The Morgan fingerprint density at radius 3 is 1.73 bits per heavy atom. The van der Waals surface area contributed by atoms with Gasteiger partial charge >= 0.3 is 191 Å². The summed E-state index contributed by atoms with van der Waals surface area (Å²) in [5.74, 6) is 0. The van der Waals surface area contributed by atoms with Crippen molar-refractivity contribution in [2.45, 2.75) is 160 Å². The first-order valence-electron chi connectivity index (χ1n) is 19.4. The predicted molar refractivity (Wildman–Crippen MR) is 216 cm³/mol. The molecular formula is C43H63Cl2N2PRu. The molecule has 0 spiro atoms. The van der Waals surface area contributed by atoms with E-state index in [-0.39, 0.29) is 0 Å². The number of benzene rings is 2. The van der Waals surface area contributed by atoms with E-state index in [4.69, 9.17) is 19.4 Å². The summed E-state index contributed by atoms with van der Waals surface area (Å²) in [7, 11) is 14.8. The number of unbranched alkanes of at least 4 members (excludes halogenated alkanes) is 2. The van der Waals surface area contributed by atoms with E-state index in [1.807, 2.05) is 24.3 Å². The van der Waals surface area contributed by atoms with Crippen LogP contribution in [-0.2, 0) is 18.4 Å². The maximum absolute atomic E-state index is 7.20. The summed E-state index contributed by atoms with van der Waals surface area (Å²) in [6.07, 6.45) is 33.0. The zero-order valence-corrected chi connectivity index (χ0v) is 34.8. The van der Waals surface area contributed by atoms with Crippen LogP contribution in [0.4, 0.5) is 0 Å². The number of aryl methyl sites for hydroxylation is 4. The van der Waals surface area contributed by atoms with Gasteiger partial charge in [0.25, 0.3) is 0 Å². The molecule has 3 saturated carbocycles. The van der Waals surface area contributed by atoms with Crippen LogP contribution in [0.5, 0.6) is 0 Å². The van der Waals surface area contributed by atoms with E-state index >= 15 is 0 Å². The zero-order valence-electron chi connectivity index (χ0n) is 30.7. The number of hydrogen-bond donors (Lipinski definition) is 0. The number of rotatable bonds is 10. The monoisotopic (exact) mass is 810 g/mol. The van der Waals surface area contributed by atoms with Gasteiger partial charge in [-0.15, -0.1) is 0 Å². The van der Waals surface area contributed by atoms with Gasteiger partial charge in [-0.05, 0) is 55.5 Å². The van der Waals surface area contributed by atoms with Crippen LogP contribution in [0.15, 0.2) is 67.5 Å². The van der Waals surface area contributed by atoms with Crippen molar-refractivity contribution in [1.29, 1.82) is 0 Å². The topological polar surface area (TPSA) is 9.86 Å². The number of nitrogens with zero attached hydrogens (tertiary/aromatic N) is 2. The molecule has 2 aromatic carbocycles. The molecule has 3 aliphatic rings. The number of aromatic nitrogens is 2. The average molecular weight is 811 g/mol. The quantitative estimate of drug-likeness (QED) is 0.0835. The van der Waals surface area contributed by atoms with E-state index in [2.05, 4.69) is 77.8 Å². The normalized spacial score (nSPS) is 18.6. The van der Waals surface area contributed by atoms with Gasteiger partial charge in [0.05, 0.1) is 0 Å². The average Bonchev–Trinajstić information content (AvgIpc) is 3.53. The summed E-state index contributed by atoms with van der Waals surface area (Å²) >= 11 is -3.34. The Bertz CT molecular complexity index is 1560. The summed E-state index contributed by atoms with van der Waals surface area (Å²) in [5, 5.41) is 0. The molecule has 3 fully saturated rings. The van der Waals surface area contributed by atoms with Crippen molar-refractivity contribution in [3.63, 3.8) is 0 Å². The molecule has 49 heavy (non-hydrogen) atoms. The van der Waals surface area contributed by atoms with E-state index in [0.29, 0.717) is 7.92 Å². The van der Waals surface area contributed by atoms with Gasteiger partial charge in [0.1, 0.15) is 0 Å². The minimum atomic E-state index is -3.34. The van der Waals surface area contributed by atoms with Crippen LogP contribution >= 0.6 is 27.3 Å². The van der Waals surface area contributed by atoms with Gasteiger partial charge < -0.3 is 0 Å². The molecule has 0 N–H and O–H groups in total. The number of allylic oxidation sites excluding steroid dienone is 1. The Balaban J connectivity index is 0.000000211. The Morgan fingerprint density at radius 1 is 0.735 bits per heavy atom. The van der Waals surface area contributed by atoms with Crippen LogP contribution in [0, 0.1) is 24.8 Å². The third kappa shape index (κ3) is 11.0. The van der Waals surface area contributed by atoms with Gasteiger partial charge in [-0.2, -0.15) is 0 Å². The fraction of sp³-hybridized carbons (Fsp3) is 0.581. The van der Waals surface area contributed by atoms with Crippen molar-refractivity contribution in [3.8, 4) is 5.69 Å². The third-order valence-electron chi connectivity index (χ3n) is 11.0. The molecule has 3 aliphatic carbocycles. The van der Waals surface area contributed by atoms with Gasteiger partial charge in [-0.3, -0.25) is 0 Å². The molecule has 3 aromatic rings. The maximum atomic E-state index is 7.20. The Labute approximate surface area is 310 Å². The SMILES string of the molecule is C1CCC(P(C2CCCCC2)C2CCCCC2)CC1.C=CCCCCn1ccn(-c2c(C)cc(C)cc2C)[c]1=[Ru]([Cl])([Cl])=[CH]c1ccccc1. The molecule has 0 atom stereocenters. The van der Waals surface area contributed by atoms with Gasteiger partial charge in [0.2, 0.25) is 0 Å². The van der Waals surface area contributed by atoms with Crippen LogP contribution in [0.1, 0.15) is 138 Å². The van der Waals surface area contributed by atoms with Gasteiger partial charge in [-0.25, -0.2) is 0 Å². The van der Waals surface area contributed by atoms with E-state index in [1.165, 1.54) is 58.6 Å². The number of halogens is 2. The summed E-state index contributed by atoms with van der Waals surface area (Å²) in [6, 6.07) is 14.6. The van der Waals surface area contributed by atoms with E-state index in [9.17, 15) is 0 Å². The van der Waals surface area contributed by atoms with Crippen molar-refractivity contribution in [2.24, 2.45) is 0 Å². The molecule has 1 heterocycles. The number of imidazole rings is 1. The van der Waals surface area contributed by atoms with Gasteiger partial charge in [-0.1, -0.05) is 65.7 Å². The van der Waals surface area contributed by atoms with Crippen LogP contribution in [-0.4, -0.2) is 30.7 Å². The van der Waals surface area contributed by atoms with Crippen molar-refractivity contribution in [3.05, 3.63) is 93.8 Å². The van der Waals surface area contributed by atoms with Crippen LogP contribution in [0.2, 0.25) is 0 Å². The second-order valence-corrected chi connectivity index (χ2v) is 27.3. The molecule has 272 valence electrons. The molecule has 1 aromatic heterocycles. The van der Waals surface area contributed by atoms with Gasteiger partial charge in [0, 0.05) is 0 Å². The first-order valence-corrected chi connectivity index (χ1v) is 27.3. The molecule has 2 nitrogen and oxygen atoms in total. The Hall–Kier alpha value is -1.11. The molecule has 6 heteroatoms. The van der Waals surface area contributed by atoms with Crippen LogP contribution in [0.3, 0.4) is 0 Å². The fourth-order valence-corrected chi connectivity index (χ4v) is 19.4. The molecule has 0 amide bonds. The second kappa shape index (κ2) is 19.7. The van der Waals surface area contributed by atoms with Gasteiger partial charge in [0.15, 0.2) is 0 Å². The predicted octanol–water partition coefficient (Wildman–Crippen LogP) is 13.9. The Kier molecular flexibility index (Phi) is 15.7. The summed E-state index contributed by atoms with van der Waals surface area (Å²) < 4.78 is 7.59. The second-order valence-electron chi connectivity index (χ2n) is 14.9. The van der Waals surface area contributed by atoms with E-state index in [0.717, 1.165) is 35.4 Å². The van der Waals surface area contributed by atoms with Crippen molar-refractivity contribution in [2.75, 3.05) is 0 Å². The molecule has 0 saturated heterocycles. The molecule has 0 unspecified atom stereocenters. The summed E-state index contributed by atoms with van der Waals surface area (Å²) in [4.78, 5) is 0. The molecule has 0 radical (unpaired) electrons. The molecule has 0 bridgehead atoms. The van der Waals surface area contributed by atoms with Crippen LogP contribution in [0.25, 0.3) is 5.69 Å². The first kappa shape index (κ1) is 39.1. The molecular weight excluding hydrogens is 747 g/mol. The summed E-state index contributed by atoms with van der Waals surface area (Å²) in [5.41, 5.74) is 9.53. The van der Waals surface area contributed by atoms with Crippen molar-refractivity contribution >= 4 is 31.9 Å². The fourth-order valence-electron chi connectivity index (χ4n) is 8.85. The van der Waals surface area contributed by atoms with Crippen molar-refractivity contribution in [1.82, 2.24) is 9.13 Å². The molecule has 0 aliphatic heterocycles. The zero-order chi connectivity index (χ0) is 34.6. The molecule has 6 rings (SSSR count). The first-order chi connectivity index (χ1) is 23.8. The Morgan fingerprint density at radius 2 is 1.24 bits per heavy atom. The van der Waals surface area contributed by atoms with E-state index in [1.54, 1.807) is 77.0 Å². The minimum absolute atomic E-state index is 0.385. The summed E-state index contributed by atoms with van der Waals surface area (Å²) in [6.45, 7) is 11.2. The van der Waals surface area contributed by atoms with Crippen molar-refractivity contribution < 1.29 is 11.9 Å². The van der Waals surface area contributed by atoms with Crippen LogP contribution < -0.4 is 0 Å². The standard InChI is InChI=1S/C18H24N2.C18H33P.C7H6.2ClH.Ru/c1-5-6-7-8-9-19-10-11-20(14-19)18-16(3)12-15(2)13-17(18)4;1-4-10-16(11-5-1)19(17-12-6-2-7-13-17)18-14-8-3-9-15-18;1-7-5-3-2-4-6-7;;;/h5,10-13H,1,6-9H2,2-4H3;16-18H,1-15H2;1-6H;2*1H;/q;;;;;+2/p-2.